The molecule has 0 aromatic carbocycles. The van der Waals surface area contributed by atoms with Crippen molar-refractivity contribution in [3.8, 4) is 0 Å². The van der Waals surface area contributed by atoms with Crippen molar-refractivity contribution in [1.29, 1.82) is 0 Å². The van der Waals surface area contributed by atoms with Gasteiger partial charge in [-0.1, -0.05) is 0 Å². The zero-order chi connectivity index (χ0) is 15.1. The summed E-state index contributed by atoms with van der Waals surface area (Å²) in [6.45, 7) is 7.71. The second-order valence-electron chi connectivity index (χ2n) is 7.02. The maximum Gasteiger partial charge on any atom is 0.408 e. The van der Waals surface area contributed by atoms with Crippen molar-refractivity contribution >= 4 is 12.2 Å². The van der Waals surface area contributed by atoms with Crippen molar-refractivity contribution in [2.24, 2.45) is 5.92 Å². The number of ether oxygens (including phenoxy) is 1. The minimum Gasteiger partial charge on any atom is -0.465 e. The number of carbonyl (C=O) groups is 2. The van der Waals surface area contributed by atoms with Gasteiger partial charge in [-0.15, -0.1) is 0 Å². The summed E-state index contributed by atoms with van der Waals surface area (Å²) < 4.78 is 5.28. The van der Waals surface area contributed by atoms with Crippen LogP contribution in [0.1, 0.15) is 47.0 Å². The maximum atomic E-state index is 11.9. The van der Waals surface area contributed by atoms with Crippen LogP contribution in [0.15, 0.2) is 0 Å². The number of alkyl carbamates (subject to hydrolysis) is 1. The van der Waals surface area contributed by atoms with Crippen molar-refractivity contribution in [2.45, 2.75) is 64.1 Å². The molecule has 2 amide bonds. The van der Waals surface area contributed by atoms with Crippen molar-refractivity contribution in [3.63, 3.8) is 0 Å². The number of fused-ring (bicyclic) bond motifs is 1. The van der Waals surface area contributed by atoms with Crippen LogP contribution in [0.4, 0.5) is 9.59 Å². The van der Waals surface area contributed by atoms with Crippen LogP contribution in [-0.2, 0) is 4.74 Å². The number of carbonyl (C=O) groups excluding carboxylic acids is 1. The Bertz CT molecular complexity index is 418. The molecule has 6 nitrogen and oxygen atoms in total. The molecule has 1 aliphatic carbocycles. The van der Waals surface area contributed by atoms with Gasteiger partial charge in [-0.05, 0) is 52.9 Å². The van der Waals surface area contributed by atoms with Gasteiger partial charge in [0.25, 0.3) is 0 Å². The van der Waals surface area contributed by atoms with E-state index in [2.05, 4.69) is 5.32 Å². The predicted octanol–water partition coefficient (Wildman–Crippen LogP) is 2.43. The zero-order valence-corrected chi connectivity index (χ0v) is 12.6. The summed E-state index contributed by atoms with van der Waals surface area (Å²) >= 11 is 0. The molecule has 1 unspecified atom stereocenters. The molecule has 6 heteroatoms. The molecule has 0 radical (unpaired) electrons. The predicted molar refractivity (Wildman–Crippen MR) is 73.6 cm³/mol. The molecule has 2 rings (SSSR count). The Hall–Kier alpha value is -1.46. The van der Waals surface area contributed by atoms with E-state index in [9.17, 15) is 14.7 Å². The molecule has 2 N–H and O–H groups in total. The number of nitrogens with zero attached hydrogens (tertiary/aromatic N) is 1. The molecule has 0 aromatic rings. The number of carboxylic acid groups (broad SMARTS) is 1. The maximum absolute atomic E-state index is 11.9. The first kappa shape index (κ1) is 14.9. The quantitative estimate of drug-likeness (QED) is 0.775. The monoisotopic (exact) mass is 284 g/mol. The number of nitrogens with one attached hydrogen (secondary N) is 1. The van der Waals surface area contributed by atoms with E-state index < -0.39 is 23.3 Å². The molecule has 3 atom stereocenters. The zero-order valence-electron chi connectivity index (χ0n) is 12.6. The lowest BCUT2D eigenvalue weighted by Crippen LogP contribution is -2.50. The third kappa shape index (κ3) is 3.16. The first-order valence-electron chi connectivity index (χ1n) is 7.14. The second-order valence-corrected chi connectivity index (χ2v) is 7.02. The Balaban J connectivity index is 2.04. The van der Waals surface area contributed by atoms with Crippen molar-refractivity contribution in [3.05, 3.63) is 0 Å². The van der Waals surface area contributed by atoms with Crippen molar-refractivity contribution < 1.29 is 19.4 Å². The molecule has 1 saturated heterocycles. The van der Waals surface area contributed by atoms with Gasteiger partial charge in [0.1, 0.15) is 5.60 Å². The summed E-state index contributed by atoms with van der Waals surface area (Å²) in [6.07, 6.45) is 1.24. The van der Waals surface area contributed by atoms with Crippen LogP contribution in [0.25, 0.3) is 0 Å². The van der Waals surface area contributed by atoms with Gasteiger partial charge in [-0.25, -0.2) is 9.59 Å². The largest absolute Gasteiger partial charge is 0.465 e. The van der Waals surface area contributed by atoms with Gasteiger partial charge >= 0.3 is 12.2 Å². The highest BCUT2D eigenvalue weighted by Crippen LogP contribution is 2.49. The number of hydrogen-bond acceptors (Lipinski definition) is 3. The fourth-order valence-corrected chi connectivity index (χ4v) is 2.97. The molecule has 0 bridgehead atoms. The highest BCUT2D eigenvalue weighted by Gasteiger charge is 2.58. The van der Waals surface area contributed by atoms with Crippen LogP contribution in [0.2, 0.25) is 0 Å². The molecule has 114 valence electrons. The first-order chi connectivity index (χ1) is 9.13. The molecule has 1 heterocycles. The number of rotatable bonds is 1. The molecule has 1 aliphatic heterocycles. The summed E-state index contributed by atoms with van der Waals surface area (Å²) in [5, 5.41) is 12.2. The van der Waals surface area contributed by atoms with E-state index in [0.29, 0.717) is 12.5 Å². The van der Waals surface area contributed by atoms with Gasteiger partial charge in [-0.3, -0.25) is 0 Å². The van der Waals surface area contributed by atoms with E-state index in [1.54, 1.807) is 0 Å². The van der Waals surface area contributed by atoms with Crippen LogP contribution >= 0.6 is 0 Å². The van der Waals surface area contributed by atoms with Crippen LogP contribution in [0, 0.1) is 5.92 Å². The topological polar surface area (TPSA) is 78.9 Å². The van der Waals surface area contributed by atoms with Crippen LogP contribution in [-0.4, -0.2) is 45.9 Å². The fourth-order valence-electron chi connectivity index (χ4n) is 2.97. The SMILES string of the molecule is C[C@@H]1CC[C@@H]2CC2(NC(=O)OC(C)(C)C)CN1C(=O)O. The normalized spacial score (nSPS) is 32.9. The average Bonchev–Trinajstić information content (AvgIpc) is 2.93. The molecule has 0 spiro atoms. The minimum absolute atomic E-state index is 0.00221. The highest BCUT2D eigenvalue weighted by molar-refractivity contribution is 5.70. The minimum atomic E-state index is -0.921. The summed E-state index contributed by atoms with van der Waals surface area (Å²) in [6, 6.07) is -0.00221. The van der Waals surface area contributed by atoms with Gasteiger partial charge < -0.3 is 20.1 Å². The van der Waals surface area contributed by atoms with Gasteiger partial charge in [0.05, 0.1) is 5.54 Å². The summed E-state index contributed by atoms with van der Waals surface area (Å²) in [5.74, 6) is 0.363. The smallest absolute Gasteiger partial charge is 0.408 e. The van der Waals surface area contributed by atoms with E-state index >= 15 is 0 Å². The summed E-state index contributed by atoms with van der Waals surface area (Å²) in [5.41, 5.74) is -0.971. The Labute approximate surface area is 119 Å². The average molecular weight is 284 g/mol. The lowest BCUT2D eigenvalue weighted by atomic mass is 10.1. The number of likely N-dealkylation sites (tertiary alicyclic amines) is 1. The summed E-state index contributed by atoms with van der Waals surface area (Å²) in [4.78, 5) is 24.7. The fraction of sp³-hybridized carbons (Fsp3) is 0.857. The van der Waals surface area contributed by atoms with E-state index in [-0.39, 0.29) is 6.04 Å². The number of hydrogen-bond donors (Lipinski definition) is 2. The molecular weight excluding hydrogens is 260 g/mol. The standard InChI is InChI=1S/C14H24N2O4/c1-9-5-6-10-7-14(10,8-16(9)12(18)19)15-11(17)20-13(2,3)4/h9-10H,5-8H2,1-4H3,(H,15,17)(H,18,19)/t9-,10-,14?/m1/s1. The Morgan fingerprint density at radius 3 is 2.55 bits per heavy atom. The molecule has 20 heavy (non-hydrogen) atoms. The van der Waals surface area contributed by atoms with E-state index in [4.69, 9.17) is 4.74 Å². The van der Waals surface area contributed by atoms with E-state index in [1.165, 1.54) is 4.90 Å². The Morgan fingerprint density at radius 1 is 1.35 bits per heavy atom. The highest BCUT2D eigenvalue weighted by atomic mass is 16.6. The summed E-state index contributed by atoms with van der Waals surface area (Å²) in [7, 11) is 0. The second kappa shape index (κ2) is 4.82. The lowest BCUT2D eigenvalue weighted by Gasteiger charge is -2.29. The molecular formula is C14H24N2O4. The van der Waals surface area contributed by atoms with Gasteiger partial charge in [0.15, 0.2) is 0 Å². The van der Waals surface area contributed by atoms with E-state index in [1.807, 2.05) is 27.7 Å². The van der Waals surface area contributed by atoms with Crippen molar-refractivity contribution in [2.75, 3.05) is 6.54 Å². The van der Waals surface area contributed by atoms with Gasteiger partial charge in [-0.2, -0.15) is 0 Å². The molecule has 0 aromatic heterocycles. The Morgan fingerprint density at radius 2 is 2.00 bits per heavy atom. The van der Waals surface area contributed by atoms with E-state index in [0.717, 1.165) is 19.3 Å². The first-order valence-corrected chi connectivity index (χ1v) is 7.14. The Kier molecular flexibility index (Phi) is 3.60. The molecule has 2 aliphatic rings. The molecule has 2 fully saturated rings. The third-order valence-corrected chi connectivity index (χ3v) is 4.15. The van der Waals surface area contributed by atoms with Gasteiger partial charge in [0, 0.05) is 12.6 Å². The third-order valence-electron chi connectivity index (χ3n) is 4.15. The number of amides is 2. The van der Waals surface area contributed by atoms with Crippen LogP contribution in [0.5, 0.6) is 0 Å². The van der Waals surface area contributed by atoms with Crippen molar-refractivity contribution in [1.82, 2.24) is 10.2 Å². The van der Waals surface area contributed by atoms with Crippen LogP contribution < -0.4 is 5.32 Å². The van der Waals surface area contributed by atoms with Crippen LogP contribution in [0.3, 0.4) is 0 Å². The van der Waals surface area contributed by atoms with Gasteiger partial charge in [0.2, 0.25) is 0 Å². The molecule has 1 saturated carbocycles. The lowest BCUT2D eigenvalue weighted by molar-refractivity contribution is 0.0470.